The Morgan fingerprint density at radius 3 is 2.85 bits per heavy atom. The van der Waals surface area contributed by atoms with Crippen LogP contribution >= 0.6 is 22.7 Å². The van der Waals surface area contributed by atoms with Crippen LogP contribution in [0.3, 0.4) is 0 Å². The average Bonchev–Trinajstić information content (AvgIpc) is 3.05. The lowest BCUT2D eigenvalue weighted by molar-refractivity contribution is -0.141. The molecule has 0 saturated carbocycles. The predicted octanol–water partition coefficient (Wildman–Crippen LogP) is 2.39. The fraction of sp³-hybridized carbons (Fsp3) is 0.308. The first-order chi connectivity index (χ1) is 9.60. The lowest BCUT2D eigenvalue weighted by Crippen LogP contribution is -2.41. The van der Waals surface area contributed by atoms with Crippen molar-refractivity contribution in [2.24, 2.45) is 0 Å². The standard InChI is InChI=1S/C13H14N2O3S2/c1-2-9(13(17)18)15-11(16)6-8-7-20-12(14-8)10-4-3-5-19-10/h3-5,7,9H,2,6H2,1H3,(H,15,16)(H,17,18)/t9-/m0/s1. The summed E-state index contributed by atoms with van der Waals surface area (Å²) >= 11 is 3.08. The van der Waals surface area contributed by atoms with E-state index in [9.17, 15) is 9.59 Å². The van der Waals surface area contributed by atoms with Gasteiger partial charge in [-0.05, 0) is 17.9 Å². The fourth-order valence-electron chi connectivity index (χ4n) is 1.65. The van der Waals surface area contributed by atoms with Crippen molar-refractivity contribution in [2.45, 2.75) is 25.8 Å². The van der Waals surface area contributed by atoms with Gasteiger partial charge in [-0.2, -0.15) is 0 Å². The summed E-state index contributed by atoms with van der Waals surface area (Å²) in [6.45, 7) is 1.72. The van der Waals surface area contributed by atoms with Gasteiger partial charge in [0.25, 0.3) is 0 Å². The molecule has 2 aromatic rings. The molecule has 0 aliphatic rings. The number of carbonyl (C=O) groups is 2. The van der Waals surface area contributed by atoms with E-state index in [0.717, 1.165) is 9.88 Å². The molecule has 20 heavy (non-hydrogen) atoms. The highest BCUT2D eigenvalue weighted by Gasteiger charge is 2.18. The number of thiazole rings is 1. The number of carbonyl (C=O) groups excluding carboxylic acids is 1. The Kier molecular flexibility index (Phi) is 4.86. The van der Waals surface area contributed by atoms with E-state index in [-0.39, 0.29) is 12.3 Å². The molecule has 0 aliphatic heterocycles. The van der Waals surface area contributed by atoms with E-state index in [2.05, 4.69) is 10.3 Å². The zero-order valence-electron chi connectivity index (χ0n) is 10.8. The number of rotatable bonds is 6. The van der Waals surface area contributed by atoms with E-state index < -0.39 is 12.0 Å². The summed E-state index contributed by atoms with van der Waals surface area (Å²) in [6, 6.07) is 3.09. The highest BCUT2D eigenvalue weighted by molar-refractivity contribution is 7.20. The molecular formula is C13H14N2O3S2. The molecule has 2 rings (SSSR count). The summed E-state index contributed by atoms with van der Waals surface area (Å²) in [4.78, 5) is 28.1. The number of hydrogen-bond acceptors (Lipinski definition) is 5. The van der Waals surface area contributed by atoms with Crippen molar-refractivity contribution in [3.05, 3.63) is 28.6 Å². The van der Waals surface area contributed by atoms with Crippen LogP contribution < -0.4 is 5.32 Å². The first-order valence-corrected chi connectivity index (χ1v) is 7.86. The van der Waals surface area contributed by atoms with E-state index in [4.69, 9.17) is 5.11 Å². The van der Waals surface area contributed by atoms with Crippen LogP contribution in [-0.4, -0.2) is 28.0 Å². The van der Waals surface area contributed by atoms with Crippen molar-refractivity contribution >= 4 is 34.6 Å². The highest BCUT2D eigenvalue weighted by atomic mass is 32.1. The van der Waals surface area contributed by atoms with Crippen molar-refractivity contribution in [1.29, 1.82) is 0 Å². The fourth-order valence-corrected chi connectivity index (χ4v) is 3.28. The first kappa shape index (κ1) is 14.7. The quantitative estimate of drug-likeness (QED) is 0.858. The van der Waals surface area contributed by atoms with Gasteiger partial charge in [-0.3, -0.25) is 4.79 Å². The Morgan fingerprint density at radius 1 is 1.45 bits per heavy atom. The molecule has 106 valence electrons. The number of nitrogens with one attached hydrogen (secondary N) is 1. The lowest BCUT2D eigenvalue weighted by atomic mass is 10.2. The summed E-state index contributed by atoms with van der Waals surface area (Å²) in [6.07, 6.45) is 0.463. The summed E-state index contributed by atoms with van der Waals surface area (Å²) in [5.41, 5.74) is 0.663. The predicted molar refractivity (Wildman–Crippen MR) is 79.0 cm³/mol. The molecular weight excluding hydrogens is 296 g/mol. The lowest BCUT2D eigenvalue weighted by Gasteiger charge is -2.11. The molecule has 1 amide bonds. The van der Waals surface area contributed by atoms with Gasteiger partial charge in [-0.15, -0.1) is 22.7 Å². The van der Waals surface area contributed by atoms with Crippen LogP contribution in [0.1, 0.15) is 19.0 Å². The monoisotopic (exact) mass is 310 g/mol. The SMILES string of the molecule is CC[C@H](NC(=O)Cc1csc(-c2cccs2)n1)C(=O)O. The minimum Gasteiger partial charge on any atom is -0.480 e. The van der Waals surface area contributed by atoms with Crippen LogP contribution in [-0.2, 0) is 16.0 Å². The van der Waals surface area contributed by atoms with E-state index in [1.165, 1.54) is 11.3 Å². The largest absolute Gasteiger partial charge is 0.480 e. The second-order valence-corrected chi connectivity index (χ2v) is 5.97. The highest BCUT2D eigenvalue weighted by Crippen LogP contribution is 2.27. The Labute approximate surface area is 124 Å². The molecule has 0 radical (unpaired) electrons. The zero-order chi connectivity index (χ0) is 14.5. The van der Waals surface area contributed by atoms with Gasteiger partial charge >= 0.3 is 5.97 Å². The zero-order valence-corrected chi connectivity index (χ0v) is 12.5. The first-order valence-electron chi connectivity index (χ1n) is 6.10. The third-order valence-electron chi connectivity index (χ3n) is 2.67. The second kappa shape index (κ2) is 6.62. The molecule has 0 saturated heterocycles. The minimum absolute atomic E-state index is 0.103. The van der Waals surface area contributed by atoms with Crippen LogP contribution in [0.2, 0.25) is 0 Å². The van der Waals surface area contributed by atoms with E-state index >= 15 is 0 Å². The van der Waals surface area contributed by atoms with Gasteiger partial charge in [-0.1, -0.05) is 13.0 Å². The van der Waals surface area contributed by atoms with Crippen molar-refractivity contribution < 1.29 is 14.7 Å². The molecule has 2 aromatic heterocycles. The minimum atomic E-state index is -1.02. The number of amides is 1. The molecule has 7 heteroatoms. The number of hydrogen-bond donors (Lipinski definition) is 2. The average molecular weight is 310 g/mol. The maximum Gasteiger partial charge on any atom is 0.326 e. The Morgan fingerprint density at radius 2 is 2.25 bits per heavy atom. The molecule has 0 spiro atoms. The van der Waals surface area contributed by atoms with Crippen LogP contribution in [0.25, 0.3) is 9.88 Å². The molecule has 2 N–H and O–H groups in total. The van der Waals surface area contributed by atoms with Gasteiger partial charge in [0, 0.05) is 5.38 Å². The van der Waals surface area contributed by atoms with Gasteiger partial charge in [-0.25, -0.2) is 9.78 Å². The van der Waals surface area contributed by atoms with Crippen molar-refractivity contribution in [3.8, 4) is 9.88 Å². The molecule has 0 fully saturated rings. The normalized spacial score (nSPS) is 12.1. The van der Waals surface area contributed by atoms with Crippen LogP contribution in [0.4, 0.5) is 0 Å². The molecule has 1 atom stereocenters. The molecule has 0 bridgehead atoms. The van der Waals surface area contributed by atoms with Gasteiger partial charge in [0.2, 0.25) is 5.91 Å². The van der Waals surface area contributed by atoms with Gasteiger partial charge in [0.1, 0.15) is 11.0 Å². The van der Waals surface area contributed by atoms with Crippen molar-refractivity contribution in [1.82, 2.24) is 10.3 Å². The van der Waals surface area contributed by atoms with Crippen LogP contribution in [0, 0.1) is 0 Å². The van der Waals surface area contributed by atoms with Crippen molar-refractivity contribution in [2.75, 3.05) is 0 Å². The van der Waals surface area contributed by atoms with Gasteiger partial charge in [0.05, 0.1) is 17.0 Å². The van der Waals surface area contributed by atoms with Gasteiger partial charge < -0.3 is 10.4 Å². The molecule has 0 unspecified atom stereocenters. The van der Waals surface area contributed by atoms with Gasteiger partial charge in [0.15, 0.2) is 0 Å². The molecule has 0 aromatic carbocycles. The number of carboxylic acids is 1. The maximum atomic E-state index is 11.8. The second-order valence-electron chi connectivity index (χ2n) is 4.16. The number of carboxylic acid groups (broad SMARTS) is 1. The Hall–Kier alpha value is -1.73. The van der Waals surface area contributed by atoms with Crippen LogP contribution in [0.15, 0.2) is 22.9 Å². The van der Waals surface area contributed by atoms with E-state index in [1.54, 1.807) is 18.3 Å². The summed E-state index contributed by atoms with van der Waals surface area (Å²) in [5, 5.41) is 16.1. The molecule has 5 nitrogen and oxygen atoms in total. The Bertz CT molecular complexity index is 593. The number of aliphatic carboxylic acids is 1. The molecule has 0 aliphatic carbocycles. The Balaban J connectivity index is 1.97. The maximum absolute atomic E-state index is 11.8. The van der Waals surface area contributed by atoms with Crippen molar-refractivity contribution in [3.63, 3.8) is 0 Å². The summed E-state index contributed by atoms with van der Waals surface area (Å²) < 4.78 is 0. The van der Waals surface area contributed by atoms with Crippen LogP contribution in [0.5, 0.6) is 0 Å². The topological polar surface area (TPSA) is 79.3 Å². The summed E-state index contributed by atoms with van der Waals surface area (Å²) in [7, 11) is 0. The molecule has 2 heterocycles. The number of nitrogens with zero attached hydrogens (tertiary/aromatic N) is 1. The van der Waals surface area contributed by atoms with E-state index in [0.29, 0.717) is 12.1 Å². The summed E-state index contributed by atoms with van der Waals surface area (Å²) in [5.74, 6) is -1.33. The van der Waals surface area contributed by atoms with E-state index in [1.807, 2.05) is 22.9 Å². The number of thiophene rings is 1. The third-order valence-corrected chi connectivity index (χ3v) is 4.60. The number of aromatic nitrogens is 1. The third kappa shape index (κ3) is 3.64. The smallest absolute Gasteiger partial charge is 0.326 e.